The molecule has 0 bridgehead atoms. The van der Waals surface area contributed by atoms with Crippen LogP contribution in [-0.4, -0.2) is 16.0 Å². The molecule has 4 aromatic rings. The smallest absolute Gasteiger partial charge is 0.195 e. The van der Waals surface area contributed by atoms with Gasteiger partial charge in [0, 0.05) is 11.6 Å². The zero-order chi connectivity index (χ0) is 22.2. The summed E-state index contributed by atoms with van der Waals surface area (Å²) in [4.78, 5) is 9.05. The monoisotopic (exact) mass is 435 g/mol. The van der Waals surface area contributed by atoms with Crippen molar-refractivity contribution in [1.29, 1.82) is 0 Å². The van der Waals surface area contributed by atoms with E-state index in [0.29, 0.717) is 22.6 Å². The molecule has 0 aliphatic heterocycles. The van der Waals surface area contributed by atoms with E-state index in [0.717, 1.165) is 30.5 Å². The third-order valence-corrected chi connectivity index (χ3v) is 5.28. The van der Waals surface area contributed by atoms with E-state index in [9.17, 15) is 17.6 Å². The molecule has 3 aromatic carbocycles. The van der Waals surface area contributed by atoms with E-state index in [1.165, 1.54) is 12.1 Å². The number of aromatic nitrogens is 2. The zero-order valence-electron chi connectivity index (χ0n) is 16.7. The fraction of sp³-hybridized carbons (Fsp3) is 0.120. The first kappa shape index (κ1) is 20.2. The first-order valence-corrected chi connectivity index (χ1v) is 10.1. The van der Waals surface area contributed by atoms with Gasteiger partial charge < -0.3 is 5.32 Å². The van der Waals surface area contributed by atoms with E-state index < -0.39 is 23.3 Å². The van der Waals surface area contributed by atoms with Gasteiger partial charge in [0.05, 0.1) is 16.8 Å². The average Bonchev–Trinajstić information content (AvgIpc) is 3.62. The maximum Gasteiger partial charge on any atom is 0.195 e. The molecule has 1 fully saturated rings. The Balaban J connectivity index is 1.79. The molecular weight excluding hydrogens is 418 g/mol. The highest BCUT2D eigenvalue weighted by Crippen LogP contribution is 2.39. The van der Waals surface area contributed by atoms with Crippen LogP contribution in [0.2, 0.25) is 0 Å². The number of benzene rings is 3. The predicted molar refractivity (Wildman–Crippen MR) is 115 cm³/mol. The first-order valence-electron chi connectivity index (χ1n) is 10.1. The summed E-state index contributed by atoms with van der Waals surface area (Å²) in [6.45, 7) is 0. The van der Waals surface area contributed by atoms with Crippen molar-refractivity contribution >= 4 is 5.82 Å². The van der Waals surface area contributed by atoms with Crippen molar-refractivity contribution in [3.63, 3.8) is 0 Å². The number of anilines is 1. The van der Waals surface area contributed by atoms with Crippen LogP contribution in [0, 0.1) is 23.3 Å². The SMILES string of the molecule is Fc1ccc(-c2nc(-c3ccc(F)c(F)c3F)nc(NC3CC3)c2-c2ccccc2)cc1. The maximum absolute atomic E-state index is 14.6. The van der Waals surface area contributed by atoms with Crippen LogP contribution in [0.5, 0.6) is 0 Å². The van der Waals surface area contributed by atoms with E-state index in [2.05, 4.69) is 15.3 Å². The number of rotatable bonds is 5. The maximum atomic E-state index is 14.6. The Morgan fingerprint density at radius 2 is 1.44 bits per heavy atom. The molecule has 1 N–H and O–H groups in total. The van der Waals surface area contributed by atoms with Gasteiger partial charge in [0.25, 0.3) is 0 Å². The summed E-state index contributed by atoms with van der Waals surface area (Å²) >= 11 is 0. The summed E-state index contributed by atoms with van der Waals surface area (Å²) in [6.07, 6.45) is 1.91. The Hall–Kier alpha value is -3.74. The lowest BCUT2D eigenvalue weighted by molar-refractivity contribution is 0.448. The van der Waals surface area contributed by atoms with E-state index in [4.69, 9.17) is 0 Å². The van der Waals surface area contributed by atoms with Crippen molar-refractivity contribution in [2.45, 2.75) is 18.9 Å². The molecule has 1 heterocycles. The van der Waals surface area contributed by atoms with Gasteiger partial charge in [0.1, 0.15) is 11.6 Å². The van der Waals surface area contributed by atoms with Crippen LogP contribution in [0.4, 0.5) is 23.4 Å². The lowest BCUT2D eigenvalue weighted by atomic mass is 9.99. The van der Waals surface area contributed by atoms with E-state index in [1.54, 1.807) is 12.1 Å². The van der Waals surface area contributed by atoms with E-state index in [1.807, 2.05) is 30.3 Å². The number of hydrogen-bond donors (Lipinski definition) is 1. The highest BCUT2D eigenvalue weighted by Gasteiger charge is 2.27. The van der Waals surface area contributed by atoms with Gasteiger partial charge in [-0.15, -0.1) is 0 Å². The molecule has 3 nitrogen and oxygen atoms in total. The minimum atomic E-state index is -1.58. The highest BCUT2D eigenvalue weighted by molar-refractivity contribution is 5.89. The van der Waals surface area contributed by atoms with Crippen molar-refractivity contribution in [2.75, 3.05) is 5.32 Å². The van der Waals surface area contributed by atoms with Gasteiger partial charge in [-0.2, -0.15) is 0 Å². The third kappa shape index (κ3) is 3.82. The minimum absolute atomic E-state index is 0.0939. The van der Waals surface area contributed by atoms with Gasteiger partial charge in [-0.05, 0) is 54.8 Å². The van der Waals surface area contributed by atoms with Gasteiger partial charge in [0.2, 0.25) is 0 Å². The summed E-state index contributed by atoms with van der Waals surface area (Å²) in [6, 6.07) is 17.3. The number of nitrogens with one attached hydrogen (secondary N) is 1. The molecular formula is C25H17F4N3. The molecule has 0 amide bonds. The van der Waals surface area contributed by atoms with Gasteiger partial charge in [-0.25, -0.2) is 27.5 Å². The minimum Gasteiger partial charge on any atom is -0.367 e. The van der Waals surface area contributed by atoms with E-state index in [-0.39, 0.29) is 17.4 Å². The Morgan fingerprint density at radius 3 is 2.12 bits per heavy atom. The summed E-state index contributed by atoms with van der Waals surface area (Å²) < 4.78 is 55.6. The molecule has 1 saturated carbocycles. The van der Waals surface area contributed by atoms with Crippen LogP contribution in [0.3, 0.4) is 0 Å². The largest absolute Gasteiger partial charge is 0.367 e. The fourth-order valence-corrected chi connectivity index (χ4v) is 3.50. The molecule has 0 saturated heterocycles. The molecule has 1 aromatic heterocycles. The van der Waals surface area contributed by atoms with Crippen LogP contribution in [-0.2, 0) is 0 Å². The molecule has 1 aliphatic carbocycles. The Kier molecular flexibility index (Phi) is 5.09. The standard InChI is InChI=1S/C25H17F4N3/c26-16-8-6-15(7-9-16)23-20(14-4-2-1-3-5-14)25(30-17-10-11-17)32-24(31-23)18-12-13-19(27)22(29)21(18)28/h1-9,12-13,17H,10-11H2,(H,30,31,32). The Labute approximate surface area is 181 Å². The second-order valence-electron chi connectivity index (χ2n) is 7.63. The zero-order valence-corrected chi connectivity index (χ0v) is 16.7. The quantitative estimate of drug-likeness (QED) is 0.283. The molecule has 7 heteroatoms. The van der Waals surface area contributed by atoms with Crippen molar-refractivity contribution in [3.8, 4) is 33.8 Å². The first-order chi connectivity index (χ1) is 15.5. The van der Waals surface area contributed by atoms with Crippen molar-refractivity contribution in [1.82, 2.24) is 9.97 Å². The van der Waals surface area contributed by atoms with Crippen LogP contribution in [0.25, 0.3) is 33.8 Å². The molecule has 0 atom stereocenters. The van der Waals surface area contributed by atoms with Crippen molar-refractivity contribution in [2.24, 2.45) is 0 Å². The number of halogens is 4. The van der Waals surface area contributed by atoms with Gasteiger partial charge >= 0.3 is 0 Å². The fourth-order valence-electron chi connectivity index (χ4n) is 3.50. The van der Waals surface area contributed by atoms with Crippen LogP contribution < -0.4 is 5.32 Å². The summed E-state index contributed by atoms with van der Waals surface area (Å²) in [5.41, 5.74) is 2.22. The molecule has 1 aliphatic rings. The normalized spacial score (nSPS) is 13.2. The molecule has 5 rings (SSSR count). The molecule has 160 valence electrons. The second kappa shape index (κ2) is 8.07. The van der Waals surface area contributed by atoms with Gasteiger partial charge in [0.15, 0.2) is 23.3 Å². The third-order valence-electron chi connectivity index (χ3n) is 5.28. The summed E-state index contributed by atoms with van der Waals surface area (Å²) in [5, 5.41) is 3.34. The highest BCUT2D eigenvalue weighted by atomic mass is 19.2. The second-order valence-corrected chi connectivity index (χ2v) is 7.63. The molecule has 0 unspecified atom stereocenters. The lowest BCUT2D eigenvalue weighted by Crippen LogP contribution is -2.09. The van der Waals surface area contributed by atoms with Crippen LogP contribution in [0.1, 0.15) is 12.8 Å². The Bertz CT molecular complexity index is 1290. The lowest BCUT2D eigenvalue weighted by Gasteiger charge is -2.17. The summed E-state index contributed by atoms with van der Waals surface area (Å²) in [5.74, 6) is -4.29. The number of nitrogens with zero attached hydrogens (tertiary/aromatic N) is 2. The van der Waals surface area contributed by atoms with Crippen molar-refractivity contribution in [3.05, 3.63) is 90.0 Å². The van der Waals surface area contributed by atoms with Crippen LogP contribution >= 0.6 is 0 Å². The molecule has 0 spiro atoms. The predicted octanol–water partition coefficient (Wildman–Crippen LogP) is 6.61. The topological polar surface area (TPSA) is 37.8 Å². The number of hydrogen-bond acceptors (Lipinski definition) is 3. The Morgan fingerprint density at radius 1 is 0.719 bits per heavy atom. The summed E-state index contributed by atoms with van der Waals surface area (Å²) in [7, 11) is 0. The van der Waals surface area contributed by atoms with Crippen molar-refractivity contribution < 1.29 is 17.6 Å². The van der Waals surface area contributed by atoms with Gasteiger partial charge in [-0.3, -0.25) is 0 Å². The van der Waals surface area contributed by atoms with Crippen LogP contribution in [0.15, 0.2) is 66.7 Å². The molecule has 0 radical (unpaired) electrons. The van der Waals surface area contributed by atoms with E-state index >= 15 is 0 Å². The van der Waals surface area contributed by atoms with Gasteiger partial charge in [-0.1, -0.05) is 30.3 Å². The molecule has 32 heavy (non-hydrogen) atoms. The average molecular weight is 435 g/mol.